The number of aromatic nitrogens is 5. The van der Waals surface area contributed by atoms with E-state index in [4.69, 9.17) is 11.6 Å². The molecule has 2 aromatic heterocycles. The molecule has 2 unspecified atom stereocenters. The number of alkyl halides is 1. The van der Waals surface area contributed by atoms with E-state index in [2.05, 4.69) is 25.9 Å². The summed E-state index contributed by atoms with van der Waals surface area (Å²) in [4.78, 5) is 0. The molecule has 2 atom stereocenters. The standard InChI is InChI=1S/C11H15ClN6/c12-8-4-2-1-3-5-9(8)13-10-6-7-11-14-16-17-18(11)15-10/h6-9H,1-5H2,(H,13,15). The fourth-order valence-corrected chi connectivity index (χ4v) is 2.68. The van der Waals surface area contributed by atoms with Crippen LogP contribution in [-0.2, 0) is 0 Å². The van der Waals surface area contributed by atoms with Crippen molar-refractivity contribution in [2.75, 3.05) is 5.32 Å². The first kappa shape index (κ1) is 11.6. The monoisotopic (exact) mass is 266 g/mol. The van der Waals surface area contributed by atoms with Gasteiger partial charge in [-0.2, -0.15) is 0 Å². The second kappa shape index (κ2) is 5.06. The zero-order chi connectivity index (χ0) is 12.4. The molecule has 0 spiro atoms. The largest absolute Gasteiger partial charge is 0.364 e. The third-order valence-corrected chi connectivity index (χ3v) is 3.86. The summed E-state index contributed by atoms with van der Waals surface area (Å²) in [7, 11) is 0. The third kappa shape index (κ3) is 2.38. The Labute approximate surface area is 110 Å². The minimum atomic E-state index is 0.166. The highest BCUT2D eigenvalue weighted by molar-refractivity contribution is 6.21. The first-order valence-electron chi connectivity index (χ1n) is 6.29. The summed E-state index contributed by atoms with van der Waals surface area (Å²) in [6.45, 7) is 0. The molecule has 0 aliphatic heterocycles. The van der Waals surface area contributed by atoms with Crippen molar-refractivity contribution in [2.45, 2.75) is 43.5 Å². The quantitative estimate of drug-likeness (QED) is 0.664. The van der Waals surface area contributed by atoms with Gasteiger partial charge in [0.15, 0.2) is 5.65 Å². The minimum Gasteiger partial charge on any atom is -0.364 e. The van der Waals surface area contributed by atoms with Crippen molar-refractivity contribution in [2.24, 2.45) is 0 Å². The predicted molar refractivity (Wildman–Crippen MR) is 68.7 cm³/mol. The summed E-state index contributed by atoms with van der Waals surface area (Å²) in [6, 6.07) is 4.01. The Bertz CT molecular complexity index is 527. The lowest BCUT2D eigenvalue weighted by Crippen LogP contribution is -2.29. The topological polar surface area (TPSA) is 68.0 Å². The predicted octanol–water partition coefficient (Wildman–Crippen LogP) is 1.87. The molecule has 0 amide bonds. The van der Waals surface area contributed by atoms with E-state index in [-0.39, 0.29) is 11.4 Å². The van der Waals surface area contributed by atoms with E-state index in [1.807, 2.05) is 12.1 Å². The van der Waals surface area contributed by atoms with E-state index in [1.54, 1.807) is 0 Å². The summed E-state index contributed by atoms with van der Waals surface area (Å²) in [5, 5.41) is 19.0. The Morgan fingerprint density at radius 1 is 1.22 bits per heavy atom. The smallest absolute Gasteiger partial charge is 0.200 e. The molecular weight excluding hydrogens is 252 g/mol. The Morgan fingerprint density at radius 3 is 3.06 bits per heavy atom. The van der Waals surface area contributed by atoms with Gasteiger partial charge in [0.25, 0.3) is 0 Å². The Balaban J connectivity index is 1.77. The molecule has 96 valence electrons. The summed E-state index contributed by atoms with van der Waals surface area (Å²) in [6.07, 6.45) is 5.84. The van der Waals surface area contributed by atoms with Gasteiger partial charge < -0.3 is 5.32 Å². The number of anilines is 1. The highest BCUT2D eigenvalue weighted by Gasteiger charge is 2.21. The van der Waals surface area contributed by atoms with Gasteiger partial charge in [0.1, 0.15) is 5.82 Å². The number of tetrazole rings is 1. The van der Waals surface area contributed by atoms with Crippen molar-refractivity contribution in [3.63, 3.8) is 0 Å². The second-order valence-corrected chi connectivity index (χ2v) is 5.21. The molecule has 3 rings (SSSR count). The number of hydrogen-bond donors (Lipinski definition) is 1. The van der Waals surface area contributed by atoms with Gasteiger partial charge in [0.05, 0.1) is 5.38 Å². The lowest BCUT2D eigenvalue weighted by Gasteiger charge is -2.21. The van der Waals surface area contributed by atoms with E-state index < -0.39 is 0 Å². The summed E-state index contributed by atoms with van der Waals surface area (Å²) in [5.41, 5.74) is 0.642. The Morgan fingerprint density at radius 2 is 2.11 bits per heavy atom. The van der Waals surface area contributed by atoms with E-state index >= 15 is 0 Å². The molecule has 6 nitrogen and oxygen atoms in total. The molecule has 1 aliphatic carbocycles. The lowest BCUT2D eigenvalue weighted by atomic mass is 10.1. The number of halogens is 1. The van der Waals surface area contributed by atoms with Crippen LogP contribution >= 0.6 is 11.6 Å². The molecule has 1 aliphatic rings. The molecule has 0 radical (unpaired) electrons. The molecule has 7 heteroatoms. The molecule has 2 heterocycles. The number of nitrogens with one attached hydrogen (secondary N) is 1. The third-order valence-electron chi connectivity index (χ3n) is 3.33. The second-order valence-electron chi connectivity index (χ2n) is 4.65. The Hall–Kier alpha value is -1.43. The van der Waals surface area contributed by atoms with Gasteiger partial charge in [-0.1, -0.05) is 19.3 Å². The maximum Gasteiger partial charge on any atom is 0.200 e. The first-order chi connectivity index (χ1) is 8.83. The molecule has 0 aromatic carbocycles. The van der Waals surface area contributed by atoms with Gasteiger partial charge in [-0.15, -0.1) is 26.4 Å². The van der Waals surface area contributed by atoms with Crippen molar-refractivity contribution in [1.82, 2.24) is 25.3 Å². The normalized spacial score (nSPS) is 24.9. The molecule has 18 heavy (non-hydrogen) atoms. The van der Waals surface area contributed by atoms with E-state index in [0.29, 0.717) is 5.65 Å². The zero-order valence-electron chi connectivity index (χ0n) is 9.96. The van der Waals surface area contributed by atoms with Gasteiger partial charge in [-0.05, 0) is 35.4 Å². The summed E-state index contributed by atoms with van der Waals surface area (Å²) < 4.78 is 1.42. The van der Waals surface area contributed by atoms with Crippen LogP contribution in [-0.4, -0.2) is 36.7 Å². The van der Waals surface area contributed by atoms with Gasteiger partial charge in [0.2, 0.25) is 0 Å². The highest BCUT2D eigenvalue weighted by Crippen LogP contribution is 2.24. The van der Waals surface area contributed by atoms with Crippen LogP contribution in [0.15, 0.2) is 12.1 Å². The summed E-state index contributed by atoms with van der Waals surface area (Å²) in [5.74, 6) is 0.771. The molecule has 0 saturated heterocycles. The van der Waals surface area contributed by atoms with Crippen LogP contribution in [0.2, 0.25) is 0 Å². The fourth-order valence-electron chi connectivity index (χ4n) is 2.34. The number of fused-ring (bicyclic) bond motifs is 1. The number of rotatable bonds is 2. The molecule has 1 N–H and O–H groups in total. The SMILES string of the molecule is ClC1CCCCCC1Nc1ccc2nnnn2n1. The van der Waals surface area contributed by atoms with Crippen LogP contribution in [0.25, 0.3) is 5.65 Å². The van der Waals surface area contributed by atoms with Gasteiger partial charge >= 0.3 is 0 Å². The molecule has 2 aromatic rings. The van der Waals surface area contributed by atoms with E-state index in [9.17, 15) is 0 Å². The average Bonchev–Trinajstić information content (AvgIpc) is 2.75. The van der Waals surface area contributed by atoms with Crippen molar-refractivity contribution in [1.29, 1.82) is 0 Å². The van der Waals surface area contributed by atoms with Crippen LogP contribution in [0.3, 0.4) is 0 Å². The van der Waals surface area contributed by atoms with Crippen molar-refractivity contribution < 1.29 is 0 Å². The highest BCUT2D eigenvalue weighted by atomic mass is 35.5. The zero-order valence-corrected chi connectivity index (χ0v) is 10.7. The first-order valence-corrected chi connectivity index (χ1v) is 6.72. The molecule has 0 bridgehead atoms. The average molecular weight is 267 g/mol. The van der Waals surface area contributed by atoms with Crippen LogP contribution < -0.4 is 5.32 Å². The van der Waals surface area contributed by atoms with Crippen LogP contribution in [0.5, 0.6) is 0 Å². The fraction of sp³-hybridized carbons (Fsp3) is 0.636. The molecular formula is C11H15ClN6. The van der Waals surface area contributed by atoms with Crippen molar-refractivity contribution in [3.8, 4) is 0 Å². The van der Waals surface area contributed by atoms with Gasteiger partial charge in [-0.25, -0.2) is 0 Å². The van der Waals surface area contributed by atoms with Crippen molar-refractivity contribution in [3.05, 3.63) is 12.1 Å². The van der Waals surface area contributed by atoms with E-state index in [1.165, 1.54) is 23.9 Å². The maximum absolute atomic E-state index is 6.40. The van der Waals surface area contributed by atoms with E-state index in [0.717, 1.165) is 18.7 Å². The van der Waals surface area contributed by atoms with Crippen molar-refractivity contribution >= 4 is 23.1 Å². The lowest BCUT2D eigenvalue weighted by molar-refractivity contribution is 0.619. The molecule has 1 saturated carbocycles. The number of nitrogens with zero attached hydrogens (tertiary/aromatic N) is 5. The Kier molecular flexibility index (Phi) is 3.27. The van der Waals surface area contributed by atoms with Crippen LogP contribution in [0.1, 0.15) is 32.1 Å². The summed E-state index contributed by atoms with van der Waals surface area (Å²) >= 11 is 6.40. The van der Waals surface area contributed by atoms with Crippen LogP contribution in [0.4, 0.5) is 5.82 Å². The molecule has 1 fully saturated rings. The maximum atomic E-state index is 6.40. The van der Waals surface area contributed by atoms with Gasteiger partial charge in [0, 0.05) is 6.04 Å². The number of hydrogen-bond acceptors (Lipinski definition) is 5. The minimum absolute atomic E-state index is 0.166. The van der Waals surface area contributed by atoms with Gasteiger partial charge in [-0.3, -0.25) is 0 Å². The van der Waals surface area contributed by atoms with Crippen LogP contribution in [0, 0.1) is 0 Å².